The molecule has 0 aliphatic heterocycles. The topological polar surface area (TPSA) is 38.7 Å². The molecule has 0 radical (unpaired) electrons. The van der Waals surface area contributed by atoms with Gasteiger partial charge in [0.2, 0.25) is 0 Å². The van der Waals surface area contributed by atoms with Gasteiger partial charge in [0, 0.05) is 5.56 Å². The number of hydrogen-bond acceptors (Lipinski definition) is 3. The molecule has 18 heavy (non-hydrogen) atoms. The summed E-state index contributed by atoms with van der Waals surface area (Å²) in [6.07, 6.45) is 0.0714. The molecule has 0 aliphatic rings. The van der Waals surface area contributed by atoms with Crippen molar-refractivity contribution in [3.8, 4) is 5.75 Å². The molecule has 1 rings (SSSR count). The van der Waals surface area contributed by atoms with Crippen LogP contribution in [-0.4, -0.2) is 11.2 Å². The Morgan fingerprint density at radius 3 is 2.44 bits per heavy atom. The van der Waals surface area contributed by atoms with E-state index in [4.69, 9.17) is 9.47 Å². The summed E-state index contributed by atoms with van der Waals surface area (Å²) in [5, 5.41) is 9.48. The van der Waals surface area contributed by atoms with E-state index in [9.17, 15) is 5.11 Å². The van der Waals surface area contributed by atoms with Gasteiger partial charge in [-0.2, -0.15) is 0 Å². The van der Waals surface area contributed by atoms with E-state index in [1.54, 1.807) is 13.0 Å². The van der Waals surface area contributed by atoms with E-state index in [0.717, 1.165) is 5.56 Å². The molecule has 0 amide bonds. The number of aliphatic hydroxyl groups is 1. The lowest BCUT2D eigenvalue weighted by Crippen LogP contribution is -2.06. The maximum atomic E-state index is 9.48. The van der Waals surface area contributed by atoms with Crippen molar-refractivity contribution >= 4 is 5.76 Å². The monoisotopic (exact) mass is 248 g/mol. The molecule has 0 aromatic heterocycles. The van der Waals surface area contributed by atoms with Crippen LogP contribution in [0.1, 0.15) is 31.9 Å². The van der Waals surface area contributed by atoms with Gasteiger partial charge in [-0.3, -0.25) is 0 Å². The van der Waals surface area contributed by atoms with E-state index >= 15 is 0 Å². The molecule has 1 N–H and O–H groups in total. The summed E-state index contributed by atoms with van der Waals surface area (Å²) in [6.45, 7) is 13.3. The van der Waals surface area contributed by atoms with Crippen LogP contribution in [-0.2, 0) is 11.3 Å². The second kappa shape index (κ2) is 6.15. The van der Waals surface area contributed by atoms with Crippen LogP contribution in [0.25, 0.3) is 5.76 Å². The quantitative estimate of drug-likeness (QED) is 0.772. The highest BCUT2D eigenvalue weighted by Gasteiger charge is 2.06. The summed E-state index contributed by atoms with van der Waals surface area (Å²) < 4.78 is 11.0. The SMILES string of the molecule is C=C(C)OCc1cc(OC(C)C)cc(C(=C)O)c1. The van der Waals surface area contributed by atoms with Gasteiger partial charge >= 0.3 is 0 Å². The summed E-state index contributed by atoms with van der Waals surface area (Å²) in [4.78, 5) is 0. The third-order valence-corrected chi connectivity index (χ3v) is 2.16. The van der Waals surface area contributed by atoms with Crippen molar-refractivity contribution in [3.63, 3.8) is 0 Å². The summed E-state index contributed by atoms with van der Waals surface area (Å²) in [5.41, 5.74) is 1.54. The van der Waals surface area contributed by atoms with Crippen LogP contribution >= 0.6 is 0 Å². The molecular weight excluding hydrogens is 228 g/mol. The van der Waals surface area contributed by atoms with Crippen LogP contribution in [0.2, 0.25) is 0 Å². The second-order valence-electron chi connectivity index (χ2n) is 4.47. The van der Waals surface area contributed by atoms with Crippen LogP contribution in [0, 0.1) is 0 Å². The highest BCUT2D eigenvalue weighted by atomic mass is 16.5. The molecule has 98 valence electrons. The third kappa shape index (κ3) is 4.53. The molecule has 0 fully saturated rings. The van der Waals surface area contributed by atoms with E-state index in [1.165, 1.54) is 0 Å². The molecular formula is C15H20O3. The van der Waals surface area contributed by atoms with Gasteiger partial charge in [0.15, 0.2) is 0 Å². The average Bonchev–Trinajstić information content (AvgIpc) is 2.25. The fraction of sp³-hybridized carbons (Fsp3) is 0.333. The number of rotatable bonds is 6. The van der Waals surface area contributed by atoms with E-state index in [1.807, 2.05) is 26.0 Å². The minimum atomic E-state index is 0.0146. The lowest BCUT2D eigenvalue weighted by molar-refractivity contribution is 0.200. The van der Waals surface area contributed by atoms with Crippen LogP contribution in [0.4, 0.5) is 0 Å². The molecule has 0 saturated carbocycles. The van der Waals surface area contributed by atoms with Gasteiger partial charge in [-0.15, -0.1) is 0 Å². The van der Waals surface area contributed by atoms with Crippen molar-refractivity contribution in [1.29, 1.82) is 0 Å². The first kappa shape index (κ1) is 14.2. The number of aliphatic hydroxyl groups excluding tert-OH is 1. The highest BCUT2D eigenvalue weighted by Crippen LogP contribution is 2.23. The molecule has 0 spiro atoms. The van der Waals surface area contributed by atoms with Crippen molar-refractivity contribution in [2.24, 2.45) is 0 Å². The molecule has 0 bridgehead atoms. The Morgan fingerprint density at radius 1 is 1.28 bits per heavy atom. The molecule has 3 nitrogen and oxygen atoms in total. The van der Waals surface area contributed by atoms with Gasteiger partial charge in [0.1, 0.15) is 18.1 Å². The predicted octanol–water partition coefficient (Wildman–Crippen LogP) is 4.05. The van der Waals surface area contributed by atoms with E-state index < -0.39 is 0 Å². The Bertz CT molecular complexity index is 447. The van der Waals surface area contributed by atoms with E-state index in [-0.39, 0.29) is 11.9 Å². The average molecular weight is 248 g/mol. The fourth-order valence-corrected chi connectivity index (χ4v) is 1.46. The van der Waals surface area contributed by atoms with Crippen molar-refractivity contribution in [2.45, 2.75) is 33.5 Å². The first-order chi connectivity index (χ1) is 8.38. The highest BCUT2D eigenvalue weighted by molar-refractivity contribution is 5.59. The number of ether oxygens (including phenoxy) is 2. The number of benzene rings is 1. The van der Waals surface area contributed by atoms with Gasteiger partial charge in [-0.25, -0.2) is 0 Å². The molecule has 3 heteroatoms. The Morgan fingerprint density at radius 2 is 1.94 bits per heavy atom. The first-order valence-electron chi connectivity index (χ1n) is 5.85. The Kier molecular flexibility index (Phi) is 4.84. The standard InChI is InChI=1S/C15H20O3/c1-10(2)17-9-13-6-14(12(5)16)8-15(7-13)18-11(3)4/h6-8,11,16H,1,5,9H2,2-4H3. The predicted molar refractivity (Wildman–Crippen MR) is 73.5 cm³/mol. The molecule has 0 aliphatic carbocycles. The number of hydrogen-bond donors (Lipinski definition) is 1. The zero-order chi connectivity index (χ0) is 13.7. The van der Waals surface area contributed by atoms with Crippen molar-refractivity contribution in [3.05, 3.63) is 48.2 Å². The van der Waals surface area contributed by atoms with E-state index in [2.05, 4.69) is 13.2 Å². The van der Waals surface area contributed by atoms with Crippen molar-refractivity contribution in [2.75, 3.05) is 0 Å². The second-order valence-corrected chi connectivity index (χ2v) is 4.47. The van der Waals surface area contributed by atoms with Crippen LogP contribution < -0.4 is 4.74 Å². The maximum Gasteiger partial charge on any atom is 0.120 e. The molecule has 0 saturated heterocycles. The largest absolute Gasteiger partial charge is 0.508 e. The molecule has 0 unspecified atom stereocenters. The molecule has 0 atom stereocenters. The molecule has 1 aromatic rings. The van der Waals surface area contributed by atoms with Crippen molar-refractivity contribution < 1.29 is 14.6 Å². The maximum absolute atomic E-state index is 9.48. The van der Waals surface area contributed by atoms with Gasteiger partial charge < -0.3 is 14.6 Å². The van der Waals surface area contributed by atoms with Crippen molar-refractivity contribution in [1.82, 2.24) is 0 Å². The number of allylic oxidation sites excluding steroid dienone is 1. The van der Waals surface area contributed by atoms with E-state index in [0.29, 0.717) is 23.7 Å². The minimum absolute atomic E-state index is 0.0146. The fourth-order valence-electron chi connectivity index (χ4n) is 1.46. The van der Waals surface area contributed by atoms with Gasteiger partial charge in [-0.1, -0.05) is 13.2 Å². The Hall–Kier alpha value is -1.90. The van der Waals surface area contributed by atoms with Gasteiger partial charge in [-0.05, 0) is 44.5 Å². The zero-order valence-electron chi connectivity index (χ0n) is 11.2. The lowest BCUT2D eigenvalue weighted by Gasteiger charge is -2.13. The smallest absolute Gasteiger partial charge is 0.120 e. The molecule has 1 aromatic carbocycles. The summed E-state index contributed by atoms with van der Waals surface area (Å²) in [5.74, 6) is 1.35. The summed E-state index contributed by atoms with van der Waals surface area (Å²) in [6, 6.07) is 5.46. The third-order valence-electron chi connectivity index (χ3n) is 2.16. The van der Waals surface area contributed by atoms with Gasteiger partial charge in [0.05, 0.1) is 11.9 Å². The Balaban J connectivity index is 2.97. The summed E-state index contributed by atoms with van der Waals surface area (Å²) in [7, 11) is 0. The summed E-state index contributed by atoms with van der Waals surface area (Å²) >= 11 is 0. The zero-order valence-corrected chi connectivity index (χ0v) is 11.2. The molecule has 0 heterocycles. The van der Waals surface area contributed by atoms with Crippen LogP contribution in [0.3, 0.4) is 0 Å². The van der Waals surface area contributed by atoms with Gasteiger partial charge in [0.25, 0.3) is 0 Å². The first-order valence-corrected chi connectivity index (χ1v) is 5.85. The normalized spacial score (nSPS) is 10.2. The van der Waals surface area contributed by atoms with Crippen LogP contribution in [0.5, 0.6) is 5.75 Å². The lowest BCUT2D eigenvalue weighted by atomic mass is 10.1. The van der Waals surface area contributed by atoms with Crippen LogP contribution in [0.15, 0.2) is 37.1 Å². The minimum Gasteiger partial charge on any atom is -0.508 e. The Labute approximate surface area is 108 Å².